The van der Waals surface area contributed by atoms with Crippen LogP contribution in [0.15, 0.2) is 31.0 Å². The van der Waals surface area contributed by atoms with Crippen molar-refractivity contribution in [3.05, 3.63) is 31.0 Å². The summed E-state index contributed by atoms with van der Waals surface area (Å²) in [4.78, 5) is 8.80. The predicted molar refractivity (Wildman–Crippen MR) is 97.6 cm³/mol. The first-order chi connectivity index (χ1) is 12.2. The maximum atomic E-state index is 9.27. The van der Waals surface area contributed by atoms with Crippen molar-refractivity contribution in [2.24, 2.45) is 7.05 Å². The fraction of sp³-hybridized carbons (Fsp3) is 0.412. The number of aromatic nitrogens is 5. The molecule has 0 N–H and O–H groups in total. The van der Waals surface area contributed by atoms with Crippen LogP contribution < -0.4 is 0 Å². The lowest BCUT2D eigenvalue weighted by molar-refractivity contribution is 0.0812. The van der Waals surface area contributed by atoms with Crippen LogP contribution in [0.4, 0.5) is 0 Å². The Labute approximate surface area is 150 Å². The number of hydrogen-bond donors (Lipinski definition) is 0. The van der Waals surface area contributed by atoms with Gasteiger partial charge in [0.15, 0.2) is 0 Å². The summed E-state index contributed by atoms with van der Waals surface area (Å²) in [5.41, 5.74) is 2.50. The second-order valence-electron chi connectivity index (χ2n) is 6.33. The third-order valence-corrected chi connectivity index (χ3v) is 5.55. The van der Waals surface area contributed by atoms with Crippen molar-refractivity contribution in [2.45, 2.75) is 18.9 Å². The first kappa shape index (κ1) is 16.1. The lowest BCUT2D eigenvalue weighted by Gasteiger charge is -2.48. The third-order valence-electron chi connectivity index (χ3n) is 4.66. The summed E-state index contributed by atoms with van der Waals surface area (Å²) in [6, 6.07) is 4.35. The van der Waals surface area contributed by atoms with Gasteiger partial charge < -0.3 is 4.57 Å². The van der Waals surface area contributed by atoms with Gasteiger partial charge in [0.25, 0.3) is 0 Å². The van der Waals surface area contributed by atoms with Crippen LogP contribution in [0.5, 0.6) is 0 Å². The first-order valence-electron chi connectivity index (χ1n) is 8.23. The van der Waals surface area contributed by atoms with Crippen molar-refractivity contribution in [3.63, 3.8) is 0 Å². The zero-order chi connectivity index (χ0) is 17.4. The summed E-state index contributed by atoms with van der Waals surface area (Å²) < 4.78 is 6.22. The molecule has 1 fully saturated rings. The molecule has 0 unspecified atom stereocenters. The normalized spacial score (nSPS) is 16.7. The maximum absolute atomic E-state index is 9.27. The topological polar surface area (TPSA) is 75.6 Å². The Morgan fingerprint density at radius 3 is 2.96 bits per heavy atom. The summed E-state index contributed by atoms with van der Waals surface area (Å²) in [7, 11) is 1.97. The van der Waals surface area contributed by atoms with Crippen LogP contribution in [-0.4, -0.2) is 47.5 Å². The second-order valence-corrected chi connectivity index (χ2v) is 7.69. The lowest BCUT2D eigenvalue weighted by Crippen LogP contribution is -2.60. The maximum Gasteiger partial charge on any atom is 0.143 e. The SMILES string of the molecule is CCSN1CC(CC#N)(n2cc(-c3ncnc4c3ccn4C)cn2)C1. The fourth-order valence-corrected chi connectivity index (χ4v) is 4.41. The van der Waals surface area contributed by atoms with Gasteiger partial charge in [0.2, 0.25) is 0 Å². The zero-order valence-electron chi connectivity index (χ0n) is 14.3. The molecule has 0 spiro atoms. The molecule has 128 valence electrons. The fourth-order valence-electron chi connectivity index (χ4n) is 3.38. The quantitative estimate of drug-likeness (QED) is 0.656. The zero-order valence-corrected chi connectivity index (χ0v) is 15.1. The van der Waals surface area contributed by atoms with Crippen molar-refractivity contribution < 1.29 is 0 Å². The molecule has 0 bridgehead atoms. The van der Waals surface area contributed by atoms with Gasteiger partial charge in [-0.3, -0.25) is 4.68 Å². The molecule has 4 rings (SSSR count). The Bertz CT molecular complexity index is 945. The molecule has 8 heteroatoms. The van der Waals surface area contributed by atoms with Gasteiger partial charge in [-0.05, 0) is 6.07 Å². The van der Waals surface area contributed by atoms with E-state index in [2.05, 4.69) is 32.4 Å². The van der Waals surface area contributed by atoms with Crippen molar-refractivity contribution >= 4 is 23.0 Å². The Balaban J connectivity index is 1.69. The summed E-state index contributed by atoms with van der Waals surface area (Å²) >= 11 is 1.81. The monoisotopic (exact) mass is 353 g/mol. The molecule has 25 heavy (non-hydrogen) atoms. The lowest BCUT2D eigenvalue weighted by atomic mass is 9.89. The highest BCUT2D eigenvalue weighted by Gasteiger charge is 2.45. The van der Waals surface area contributed by atoms with Crippen molar-refractivity contribution in [1.29, 1.82) is 5.26 Å². The van der Waals surface area contributed by atoms with E-state index in [1.807, 2.05) is 52.9 Å². The molecule has 4 heterocycles. The van der Waals surface area contributed by atoms with E-state index in [-0.39, 0.29) is 5.54 Å². The number of aryl methyl sites for hydroxylation is 1. The van der Waals surface area contributed by atoms with E-state index in [0.29, 0.717) is 6.42 Å². The molecule has 1 aliphatic heterocycles. The van der Waals surface area contributed by atoms with E-state index in [4.69, 9.17) is 0 Å². The van der Waals surface area contributed by atoms with Gasteiger partial charge in [-0.2, -0.15) is 10.4 Å². The highest BCUT2D eigenvalue weighted by atomic mass is 32.2. The van der Waals surface area contributed by atoms with E-state index in [0.717, 1.165) is 41.1 Å². The van der Waals surface area contributed by atoms with Crippen LogP contribution in [-0.2, 0) is 12.6 Å². The highest BCUT2D eigenvalue weighted by Crippen LogP contribution is 2.37. The Morgan fingerprint density at radius 1 is 1.36 bits per heavy atom. The van der Waals surface area contributed by atoms with E-state index >= 15 is 0 Å². The Kier molecular flexibility index (Phi) is 3.98. The minimum absolute atomic E-state index is 0.238. The molecule has 0 amide bonds. The second kappa shape index (κ2) is 6.17. The van der Waals surface area contributed by atoms with E-state index in [1.165, 1.54) is 0 Å². The number of nitrogens with zero attached hydrogens (tertiary/aromatic N) is 7. The van der Waals surface area contributed by atoms with E-state index < -0.39 is 0 Å². The molecule has 7 nitrogen and oxygen atoms in total. The van der Waals surface area contributed by atoms with E-state index in [9.17, 15) is 5.26 Å². The van der Waals surface area contributed by atoms with Crippen molar-refractivity contribution in [3.8, 4) is 17.3 Å². The van der Waals surface area contributed by atoms with Gasteiger partial charge in [0.1, 0.15) is 17.5 Å². The molecule has 1 aliphatic rings. The molecule has 0 aliphatic carbocycles. The smallest absolute Gasteiger partial charge is 0.143 e. The largest absolute Gasteiger partial charge is 0.335 e. The molecule has 3 aromatic heterocycles. The van der Waals surface area contributed by atoms with Crippen LogP contribution in [0.3, 0.4) is 0 Å². The minimum Gasteiger partial charge on any atom is -0.335 e. The van der Waals surface area contributed by atoms with Crippen LogP contribution in [0.1, 0.15) is 13.3 Å². The molecule has 1 saturated heterocycles. The molecule has 0 atom stereocenters. The van der Waals surface area contributed by atoms with Crippen molar-refractivity contribution in [2.75, 3.05) is 18.8 Å². The Hall–Kier alpha value is -2.37. The molecular weight excluding hydrogens is 334 g/mol. The summed E-state index contributed by atoms with van der Waals surface area (Å²) in [5.74, 6) is 1.04. The van der Waals surface area contributed by atoms with Crippen LogP contribution in [0, 0.1) is 11.3 Å². The van der Waals surface area contributed by atoms with Gasteiger partial charge in [0, 0.05) is 49.2 Å². The average Bonchev–Trinajstić information content (AvgIpc) is 3.21. The summed E-state index contributed by atoms with van der Waals surface area (Å²) in [6.45, 7) is 3.82. The molecule has 0 saturated carbocycles. The number of nitriles is 1. The molecule has 3 aromatic rings. The predicted octanol–water partition coefficient (Wildman–Crippen LogP) is 2.42. The molecular formula is C17H19N7S. The third kappa shape index (κ3) is 2.60. The van der Waals surface area contributed by atoms with Crippen molar-refractivity contribution in [1.82, 2.24) is 28.6 Å². The van der Waals surface area contributed by atoms with Crippen LogP contribution in [0.25, 0.3) is 22.3 Å². The molecule has 0 radical (unpaired) electrons. The first-order valence-corrected chi connectivity index (χ1v) is 9.17. The van der Waals surface area contributed by atoms with Gasteiger partial charge >= 0.3 is 0 Å². The number of hydrogen-bond acceptors (Lipinski definition) is 6. The van der Waals surface area contributed by atoms with Gasteiger partial charge in [-0.15, -0.1) is 0 Å². The van der Waals surface area contributed by atoms with Gasteiger partial charge in [0.05, 0.1) is 24.4 Å². The van der Waals surface area contributed by atoms with Crippen LogP contribution in [0.2, 0.25) is 0 Å². The van der Waals surface area contributed by atoms with Gasteiger partial charge in [-0.25, -0.2) is 14.3 Å². The summed E-state index contributed by atoms with van der Waals surface area (Å²) in [6.07, 6.45) is 7.88. The number of fused-ring (bicyclic) bond motifs is 1. The number of rotatable bonds is 5. The minimum atomic E-state index is -0.238. The summed E-state index contributed by atoms with van der Waals surface area (Å²) in [5, 5.41) is 14.9. The van der Waals surface area contributed by atoms with Crippen LogP contribution >= 0.6 is 11.9 Å². The highest BCUT2D eigenvalue weighted by molar-refractivity contribution is 7.97. The standard InChI is InChI=1S/C17H19N7S/c1-3-25-23-10-17(11-23,5-6-18)24-9-13(8-21-24)15-14-4-7-22(2)16(14)20-12-19-15/h4,7-9,12H,3,5,10-11H2,1-2H3. The van der Waals surface area contributed by atoms with E-state index in [1.54, 1.807) is 6.33 Å². The molecule has 0 aromatic carbocycles. The average molecular weight is 353 g/mol. The Morgan fingerprint density at radius 2 is 2.20 bits per heavy atom. The van der Waals surface area contributed by atoms with Gasteiger partial charge in [-0.1, -0.05) is 18.9 Å².